The summed E-state index contributed by atoms with van der Waals surface area (Å²) in [6.07, 6.45) is 1.05. The number of hydrogen-bond donors (Lipinski definition) is 0. The molecular formula is C17H23FN2O3. The minimum absolute atomic E-state index is 0.0446. The van der Waals surface area contributed by atoms with E-state index in [-0.39, 0.29) is 30.2 Å². The Labute approximate surface area is 136 Å². The second kappa shape index (κ2) is 6.84. The highest BCUT2D eigenvalue weighted by atomic mass is 19.1. The number of piperidine rings is 1. The first-order valence-electron chi connectivity index (χ1n) is 7.97. The first kappa shape index (κ1) is 16.2. The van der Waals surface area contributed by atoms with Crippen LogP contribution < -0.4 is 4.74 Å². The molecule has 6 heteroatoms. The highest BCUT2D eigenvalue weighted by Gasteiger charge is 2.34. The number of carbonyl (C=O) groups excluding carboxylic acids is 1. The molecule has 0 spiro atoms. The number of likely N-dealkylation sites (N-methyl/N-ethyl adjacent to an activating group) is 1. The molecule has 126 valence electrons. The fourth-order valence-electron chi connectivity index (χ4n) is 3.43. The third-order valence-corrected chi connectivity index (χ3v) is 4.73. The molecule has 23 heavy (non-hydrogen) atoms. The van der Waals surface area contributed by atoms with Crippen molar-refractivity contribution in [1.29, 1.82) is 0 Å². The fraction of sp³-hybridized carbons (Fsp3) is 0.588. The maximum absolute atomic E-state index is 13.8. The van der Waals surface area contributed by atoms with Gasteiger partial charge in [-0.25, -0.2) is 4.39 Å². The lowest BCUT2D eigenvalue weighted by Crippen LogP contribution is -2.46. The molecule has 3 rings (SSSR count). The first-order chi connectivity index (χ1) is 11.1. The van der Waals surface area contributed by atoms with Crippen LogP contribution in [0.1, 0.15) is 12.0 Å². The van der Waals surface area contributed by atoms with Gasteiger partial charge in [0.25, 0.3) is 0 Å². The third kappa shape index (κ3) is 3.64. The van der Waals surface area contributed by atoms with Crippen LogP contribution >= 0.6 is 0 Å². The molecule has 2 aliphatic heterocycles. The molecule has 0 saturated carbocycles. The van der Waals surface area contributed by atoms with Gasteiger partial charge in [-0.1, -0.05) is 6.07 Å². The second-order valence-corrected chi connectivity index (χ2v) is 6.38. The monoisotopic (exact) mass is 322 g/mol. The predicted molar refractivity (Wildman–Crippen MR) is 83.7 cm³/mol. The van der Waals surface area contributed by atoms with Gasteiger partial charge in [0, 0.05) is 39.1 Å². The molecule has 2 atom stereocenters. The summed E-state index contributed by atoms with van der Waals surface area (Å²) in [7, 11) is 3.29. The van der Waals surface area contributed by atoms with Crippen molar-refractivity contribution in [3.63, 3.8) is 0 Å². The van der Waals surface area contributed by atoms with E-state index in [1.807, 2.05) is 13.1 Å². The molecule has 0 bridgehead atoms. The third-order valence-electron chi connectivity index (χ3n) is 4.73. The second-order valence-electron chi connectivity index (χ2n) is 6.38. The number of amides is 1. The molecule has 0 radical (unpaired) electrons. The van der Waals surface area contributed by atoms with Crippen molar-refractivity contribution in [3.05, 3.63) is 29.6 Å². The zero-order chi connectivity index (χ0) is 16.4. The Balaban J connectivity index is 1.64. The van der Waals surface area contributed by atoms with E-state index in [2.05, 4.69) is 4.90 Å². The molecule has 2 fully saturated rings. The topological polar surface area (TPSA) is 42.0 Å². The highest BCUT2D eigenvalue weighted by molar-refractivity contribution is 5.77. The van der Waals surface area contributed by atoms with E-state index in [1.165, 1.54) is 13.2 Å². The Hall–Kier alpha value is -1.66. The SMILES string of the molecule is COc1ccc(CN2CC[C@@H]3OCC(=O)N(C)C[C@H]3C2)cc1F. The number of ether oxygens (including phenoxy) is 2. The van der Waals surface area contributed by atoms with E-state index in [0.717, 1.165) is 31.6 Å². The van der Waals surface area contributed by atoms with Gasteiger partial charge in [0.1, 0.15) is 6.61 Å². The molecule has 2 saturated heterocycles. The largest absolute Gasteiger partial charge is 0.494 e. The average Bonchev–Trinajstić information content (AvgIpc) is 2.67. The van der Waals surface area contributed by atoms with Crippen molar-refractivity contribution in [2.24, 2.45) is 5.92 Å². The fourth-order valence-corrected chi connectivity index (χ4v) is 3.43. The molecule has 2 aliphatic rings. The van der Waals surface area contributed by atoms with Crippen molar-refractivity contribution in [2.45, 2.75) is 19.1 Å². The molecule has 2 heterocycles. The van der Waals surface area contributed by atoms with Crippen LogP contribution in [0.2, 0.25) is 0 Å². The van der Waals surface area contributed by atoms with Crippen LogP contribution in [-0.2, 0) is 16.1 Å². The van der Waals surface area contributed by atoms with Crippen molar-refractivity contribution >= 4 is 5.91 Å². The van der Waals surface area contributed by atoms with Crippen LogP contribution in [0, 0.1) is 11.7 Å². The summed E-state index contributed by atoms with van der Waals surface area (Å²) < 4.78 is 24.5. The Morgan fingerprint density at radius 3 is 2.96 bits per heavy atom. The van der Waals surface area contributed by atoms with Crippen molar-refractivity contribution in [2.75, 3.05) is 40.4 Å². The van der Waals surface area contributed by atoms with Crippen molar-refractivity contribution < 1.29 is 18.7 Å². The maximum Gasteiger partial charge on any atom is 0.248 e. The van der Waals surface area contributed by atoms with E-state index >= 15 is 0 Å². The minimum Gasteiger partial charge on any atom is -0.494 e. The quantitative estimate of drug-likeness (QED) is 0.846. The predicted octanol–water partition coefficient (Wildman–Crippen LogP) is 1.51. The molecule has 0 N–H and O–H groups in total. The summed E-state index contributed by atoms with van der Waals surface area (Å²) in [5, 5.41) is 0. The minimum atomic E-state index is -0.331. The van der Waals surface area contributed by atoms with Crippen LogP contribution in [0.4, 0.5) is 4.39 Å². The van der Waals surface area contributed by atoms with Crippen LogP contribution in [0.3, 0.4) is 0 Å². The molecule has 1 aromatic rings. The van der Waals surface area contributed by atoms with Crippen LogP contribution in [0.15, 0.2) is 18.2 Å². The number of methoxy groups -OCH3 is 1. The number of hydrogen-bond acceptors (Lipinski definition) is 4. The van der Waals surface area contributed by atoms with Gasteiger partial charge in [-0.05, 0) is 24.1 Å². The zero-order valence-corrected chi connectivity index (χ0v) is 13.6. The van der Waals surface area contributed by atoms with Gasteiger partial charge in [-0.15, -0.1) is 0 Å². The van der Waals surface area contributed by atoms with Gasteiger partial charge in [0.2, 0.25) is 5.91 Å². The average molecular weight is 322 g/mol. The number of halogens is 1. The maximum atomic E-state index is 13.8. The van der Waals surface area contributed by atoms with Gasteiger partial charge in [-0.3, -0.25) is 9.69 Å². The number of benzene rings is 1. The van der Waals surface area contributed by atoms with Crippen molar-refractivity contribution in [3.8, 4) is 5.75 Å². The van der Waals surface area contributed by atoms with Gasteiger partial charge in [0.05, 0.1) is 13.2 Å². The first-order valence-corrected chi connectivity index (χ1v) is 7.97. The molecule has 0 aromatic heterocycles. The summed E-state index contributed by atoms with van der Waals surface area (Å²) in [5.41, 5.74) is 0.931. The van der Waals surface area contributed by atoms with Gasteiger partial charge >= 0.3 is 0 Å². The van der Waals surface area contributed by atoms with E-state index < -0.39 is 0 Å². The van der Waals surface area contributed by atoms with Gasteiger partial charge < -0.3 is 14.4 Å². The van der Waals surface area contributed by atoms with E-state index in [1.54, 1.807) is 11.0 Å². The lowest BCUT2D eigenvalue weighted by molar-refractivity contribution is -0.133. The normalized spacial score (nSPS) is 25.9. The number of nitrogens with zero attached hydrogens (tertiary/aromatic N) is 2. The van der Waals surface area contributed by atoms with Crippen LogP contribution in [0.5, 0.6) is 5.75 Å². The lowest BCUT2D eigenvalue weighted by Gasteiger charge is -2.37. The Morgan fingerprint density at radius 2 is 2.22 bits per heavy atom. The molecule has 0 unspecified atom stereocenters. The molecule has 0 aliphatic carbocycles. The summed E-state index contributed by atoms with van der Waals surface area (Å²) >= 11 is 0. The molecule has 1 aromatic carbocycles. The number of fused-ring (bicyclic) bond motifs is 1. The summed E-state index contributed by atoms with van der Waals surface area (Å²) in [6.45, 7) is 3.35. The smallest absolute Gasteiger partial charge is 0.248 e. The number of rotatable bonds is 3. The highest BCUT2D eigenvalue weighted by Crippen LogP contribution is 2.25. The number of likely N-dealkylation sites (tertiary alicyclic amines) is 1. The Bertz CT molecular complexity index is 581. The van der Waals surface area contributed by atoms with Crippen LogP contribution in [-0.4, -0.2) is 62.2 Å². The molecule has 1 amide bonds. The Morgan fingerprint density at radius 1 is 1.39 bits per heavy atom. The lowest BCUT2D eigenvalue weighted by atomic mass is 9.94. The zero-order valence-electron chi connectivity index (χ0n) is 13.6. The van der Waals surface area contributed by atoms with Gasteiger partial charge in [0.15, 0.2) is 11.6 Å². The van der Waals surface area contributed by atoms with E-state index in [4.69, 9.17) is 9.47 Å². The van der Waals surface area contributed by atoms with E-state index in [9.17, 15) is 9.18 Å². The Kier molecular flexibility index (Phi) is 4.82. The standard InChI is InChI=1S/C17H23FN2O3/c1-19-9-13-10-20(6-5-15(13)23-11-17(19)21)8-12-3-4-16(22-2)14(18)7-12/h3-4,7,13,15H,5-6,8-11H2,1-2H3/t13-,15-/m0/s1. The van der Waals surface area contributed by atoms with Crippen LogP contribution in [0.25, 0.3) is 0 Å². The van der Waals surface area contributed by atoms with Crippen molar-refractivity contribution in [1.82, 2.24) is 9.80 Å². The summed E-state index contributed by atoms with van der Waals surface area (Å²) in [5.74, 6) is 0.291. The summed E-state index contributed by atoms with van der Waals surface area (Å²) in [6, 6.07) is 5.09. The molecular weight excluding hydrogens is 299 g/mol. The van der Waals surface area contributed by atoms with Gasteiger partial charge in [-0.2, -0.15) is 0 Å². The molecule has 5 nitrogen and oxygen atoms in total. The van der Waals surface area contributed by atoms with E-state index in [0.29, 0.717) is 12.5 Å². The summed E-state index contributed by atoms with van der Waals surface area (Å²) in [4.78, 5) is 15.8. The number of carbonyl (C=O) groups is 1.